The Labute approximate surface area is 130 Å². The lowest BCUT2D eigenvalue weighted by atomic mass is 10.1. The Kier molecular flexibility index (Phi) is 3.69. The summed E-state index contributed by atoms with van der Waals surface area (Å²) in [5.41, 5.74) is 5.29. The summed E-state index contributed by atoms with van der Waals surface area (Å²) in [6.45, 7) is 0. The number of hydrogen-bond acceptors (Lipinski definition) is 4. The number of thiazole rings is 1. The Morgan fingerprint density at radius 2 is 2.09 bits per heavy atom. The Bertz CT molecular complexity index is 884. The third-order valence-corrected chi connectivity index (χ3v) is 4.14. The van der Waals surface area contributed by atoms with E-state index in [0.29, 0.717) is 10.9 Å². The van der Waals surface area contributed by atoms with Crippen molar-refractivity contribution in [1.82, 2.24) is 9.97 Å². The molecule has 0 saturated heterocycles. The summed E-state index contributed by atoms with van der Waals surface area (Å²) in [6.07, 6.45) is -3.26. The molecule has 3 rings (SSSR count). The molecule has 0 saturated carbocycles. The molecule has 1 aromatic carbocycles. The SMILES string of the molecule is N[C@H](c1csc(C(=O)c2c[nH]c3cc(F)ccc23)n1)C(F)(F)F. The summed E-state index contributed by atoms with van der Waals surface area (Å²) in [5.74, 6) is -1.01. The van der Waals surface area contributed by atoms with Gasteiger partial charge in [0.15, 0.2) is 5.01 Å². The van der Waals surface area contributed by atoms with Crippen LogP contribution in [0.1, 0.15) is 27.1 Å². The minimum Gasteiger partial charge on any atom is -0.360 e. The summed E-state index contributed by atoms with van der Waals surface area (Å²) in [6, 6.07) is 1.60. The van der Waals surface area contributed by atoms with E-state index in [0.717, 1.165) is 16.7 Å². The number of aromatic nitrogens is 2. The molecule has 9 heteroatoms. The van der Waals surface area contributed by atoms with E-state index in [2.05, 4.69) is 9.97 Å². The number of hydrogen-bond donors (Lipinski definition) is 2. The number of fused-ring (bicyclic) bond motifs is 1. The number of alkyl halides is 3. The molecule has 0 aliphatic rings. The van der Waals surface area contributed by atoms with Crippen LogP contribution in [0.2, 0.25) is 0 Å². The highest BCUT2D eigenvalue weighted by atomic mass is 32.1. The van der Waals surface area contributed by atoms with Crippen molar-refractivity contribution in [1.29, 1.82) is 0 Å². The fourth-order valence-electron chi connectivity index (χ4n) is 2.10. The first kappa shape index (κ1) is 15.6. The van der Waals surface area contributed by atoms with Crippen LogP contribution in [0.15, 0.2) is 29.8 Å². The smallest absolute Gasteiger partial charge is 0.360 e. The molecule has 0 radical (unpaired) electrons. The minimum atomic E-state index is -4.63. The van der Waals surface area contributed by atoms with Crippen molar-refractivity contribution >= 4 is 28.0 Å². The van der Waals surface area contributed by atoms with Gasteiger partial charge in [0, 0.05) is 22.5 Å². The molecule has 0 fully saturated rings. The molecule has 0 bridgehead atoms. The van der Waals surface area contributed by atoms with Gasteiger partial charge in [-0.15, -0.1) is 11.3 Å². The van der Waals surface area contributed by atoms with Crippen LogP contribution in [0.3, 0.4) is 0 Å². The van der Waals surface area contributed by atoms with Crippen LogP contribution in [0.25, 0.3) is 10.9 Å². The average molecular weight is 343 g/mol. The Hall–Kier alpha value is -2.26. The molecule has 2 heterocycles. The van der Waals surface area contributed by atoms with Gasteiger partial charge in [-0.3, -0.25) is 4.79 Å². The lowest BCUT2D eigenvalue weighted by Crippen LogP contribution is -2.28. The molecule has 2 aromatic heterocycles. The van der Waals surface area contributed by atoms with Crippen LogP contribution >= 0.6 is 11.3 Å². The maximum absolute atomic E-state index is 13.1. The largest absolute Gasteiger partial charge is 0.409 e. The van der Waals surface area contributed by atoms with Gasteiger partial charge >= 0.3 is 6.18 Å². The van der Waals surface area contributed by atoms with E-state index in [9.17, 15) is 22.4 Å². The van der Waals surface area contributed by atoms with Crippen LogP contribution in [0.4, 0.5) is 17.6 Å². The Morgan fingerprint density at radius 3 is 2.78 bits per heavy atom. The lowest BCUT2D eigenvalue weighted by molar-refractivity contribution is -0.149. The number of nitrogens with one attached hydrogen (secondary N) is 1. The predicted molar refractivity (Wildman–Crippen MR) is 76.8 cm³/mol. The number of nitrogens with two attached hydrogens (primary N) is 1. The molecule has 0 unspecified atom stereocenters. The first-order chi connectivity index (χ1) is 10.8. The van der Waals surface area contributed by atoms with Crippen molar-refractivity contribution in [2.24, 2.45) is 5.73 Å². The first-order valence-corrected chi connectivity index (χ1v) is 7.24. The number of carbonyl (C=O) groups is 1. The van der Waals surface area contributed by atoms with E-state index in [1.807, 2.05) is 0 Å². The maximum atomic E-state index is 13.1. The van der Waals surface area contributed by atoms with Gasteiger partial charge < -0.3 is 10.7 Å². The minimum absolute atomic E-state index is 0.107. The molecule has 0 aliphatic carbocycles. The first-order valence-electron chi connectivity index (χ1n) is 6.36. The summed E-state index contributed by atoms with van der Waals surface area (Å²) in [4.78, 5) is 18.8. The molecule has 0 amide bonds. The van der Waals surface area contributed by atoms with Crippen molar-refractivity contribution in [3.63, 3.8) is 0 Å². The number of halogens is 4. The summed E-state index contributed by atoms with van der Waals surface area (Å²) in [5, 5.41) is 1.47. The predicted octanol–water partition coefficient (Wildman–Crippen LogP) is 3.56. The van der Waals surface area contributed by atoms with E-state index in [1.165, 1.54) is 24.4 Å². The third-order valence-electron chi connectivity index (χ3n) is 3.28. The second-order valence-electron chi connectivity index (χ2n) is 4.82. The normalized spacial score (nSPS) is 13.4. The van der Waals surface area contributed by atoms with Gasteiger partial charge in [0.1, 0.15) is 11.9 Å². The summed E-state index contributed by atoms with van der Waals surface area (Å²) in [7, 11) is 0. The fourth-order valence-corrected chi connectivity index (χ4v) is 2.91. The van der Waals surface area contributed by atoms with Gasteiger partial charge in [-0.1, -0.05) is 0 Å². The maximum Gasteiger partial charge on any atom is 0.409 e. The number of ketones is 1. The highest BCUT2D eigenvalue weighted by Gasteiger charge is 2.39. The highest BCUT2D eigenvalue weighted by Crippen LogP contribution is 2.32. The van der Waals surface area contributed by atoms with Crippen molar-refractivity contribution < 1.29 is 22.4 Å². The van der Waals surface area contributed by atoms with Gasteiger partial charge in [0.25, 0.3) is 0 Å². The number of aromatic amines is 1. The molecular formula is C14H9F4N3OS. The number of nitrogens with zero attached hydrogens (tertiary/aromatic N) is 1. The average Bonchev–Trinajstić information content (AvgIpc) is 3.11. The number of benzene rings is 1. The van der Waals surface area contributed by atoms with E-state index < -0.39 is 29.5 Å². The number of carbonyl (C=O) groups excluding carboxylic acids is 1. The Balaban J connectivity index is 1.96. The Morgan fingerprint density at radius 1 is 1.35 bits per heavy atom. The topological polar surface area (TPSA) is 71.8 Å². The molecule has 4 nitrogen and oxygen atoms in total. The standard InChI is InChI=1S/C14H9F4N3OS/c15-6-1-2-7-8(4-20-9(7)3-6)11(22)13-21-10(5-23-13)12(19)14(16,17)18/h1-5,12,20H,19H2/t12-/m1/s1. The molecule has 3 aromatic rings. The fraction of sp³-hybridized carbons (Fsp3) is 0.143. The van der Waals surface area contributed by atoms with Crippen LogP contribution in [-0.4, -0.2) is 21.9 Å². The zero-order valence-corrected chi connectivity index (χ0v) is 12.1. The van der Waals surface area contributed by atoms with Crippen molar-refractivity contribution in [2.45, 2.75) is 12.2 Å². The monoisotopic (exact) mass is 343 g/mol. The van der Waals surface area contributed by atoms with Gasteiger partial charge in [-0.2, -0.15) is 13.2 Å². The molecule has 3 N–H and O–H groups in total. The molecule has 0 spiro atoms. The number of H-pyrrole nitrogens is 1. The van der Waals surface area contributed by atoms with Crippen LogP contribution in [0.5, 0.6) is 0 Å². The van der Waals surface area contributed by atoms with E-state index in [-0.39, 0.29) is 10.6 Å². The molecule has 1 atom stereocenters. The molecule has 23 heavy (non-hydrogen) atoms. The van der Waals surface area contributed by atoms with Crippen LogP contribution in [-0.2, 0) is 0 Å². The quantitative estimate of drug-likeness (QED) is 0.564. The van der Waals surface area contributed by atoms with Gasteiger partial charge in [0.05, 0.1) is 11.3 Å². The van der Waals surface area contributed by atoms with Crippen molar-refractivity contribution in [2.75, 3.05) is 0 Å². The van der Waals surface area contributed by atoms with Gasteiger partial charge in [-0.25, -0.2) is 9.37 Å². The second kappa shape index (κ2) is 5.43. The van der Waals surface area contributed by atoms with E-state index in [1.54, 1.807) is 0 Å². The van der Waals surface area contributed by atoms with Gasteiger partial charge in [-0.05, 0) is 18.2 Å². The molecule has 0 aliphatic heterocycles. The van der Waals surface area contributed by atoms with Gasteiger partial charge in [0.2, 0.25) is 5.78 Å². The van der Waals surface area contributed by atoms with Crippen LogP contribution in [0, 0.1) is 5.82 Å². The van der Waals surface area contributed by atoms with Crippen molar-refractivity contribution in [3.8, 4) is 0 Å². The third kappa shape index (κ3) is 2.84. The molecular weight excluding hydrogens is 334 g/mol. The number of rotatable bonds is 3. The lowest BCUT2D eigenvalue weighted by Gasteiger charge is -2.12. The summed E-state index contributed by atoms with van der Waals surface area (Å²) >= 11 is 0.783. The van der Waals surface area contributed by atoms with E-state index in [4.69, 9.17) is 5.73 Å². The summed E-state index contributed by atoms with van der Waals surface area (Å²) < 4.78 is 50.9. The highest BCUT2D eigenvalue weighted by molar-refractivity contribution is 7.12. The van der Waals surface area contributed by atoms with E-state index >= 15 is 0 Å². The zero-order valence-electron chi connectivity index (χ0n) is 11.3. The molecule has 120 valence electrons. The van der Waals surface area contributed by atoms with Crippen molar-refractivity contribution in [3.05, 3.63) is 51.9 Å². The van der Waals surface area contributed by atoms with Crippen LogP contribution < -0.4 is 5.73 Å². The zero-order chi connectivity index (χ0) is 16.8. The second-order valence-corrected chi connectivity index (χ2v) is 5.68.